The Kier molecular flexibility index (Phi) is 20.0. The fraction of sp³-hybridized carbons (Fsp3) is 0.417. The van der Waals surface area contributed by atoms with Crippen LogP contribution >= 0.6 is 0 Å². The summed E-state index contributed by atoms with van der Waals surface area (Å²) in [7, 11) is 0. The molecule has 0 spiro atoms. The highest BCUT2D eigenvalue weighted by atomic mass is 19.2. The van der Waals surface area contributed by atoms with Crippen molar-refractivity contribution in [3.05, 3.63) is 117 Å². The highest BCUT2D eigenvalue weighted by molar-refractivity contribution is 5.49. The maximum absolute atomic E-state index is 14.6. The molecule has 60 heavy (non-hydrogen) atoms. The third-order valence-electron chi connectivity index (χ3n) is 9.38. The van der Waals surface area contributed by atoms with E-state index < -0.39 is 69.2 Å². The first kappa shape index (κ1) is 47.3. The van der Waals surface area contributed by atoms with E-state index in [4.69, 9.17) is 18.9 Å². The Hall–Kier alpha value is -5.36. The number of hydrogen-bond donors (Lipinski definition) is 0. The molecule has 0 amide bonds. The van der Waals surface area contributed by atoms with E-state index >= 15 is 0 Å². The molecule has 0 aliphatic carbocycles. The summed E-state index contributed by atoms with van der Waals surface area (Å²) in [5.41, 5.74) is -1.28. The summed E-state index contributed by atoms with van der Waals surface area (Å²) in [6.45, 7) is 4.84. The van der Waals surface area contributed by atoms with Gasteiger partial charge in [-0.05, 0) is 74.2 Å². The topological polar surface area (TPSA) is 36.9 Å². The minimum atomic E-state index is -1.61. The molecule has 0 atom stereocenters. The van der Waals surface area contributed by atoms with Crippen LogP contribution in [-0.4, -0.2) is 26.4 Å². The Morgan fingerprint density at radius 2 is 0.617 bits per heavy atom. The molecule has 4 aromatic carbocycles. The summed E-state index contributed by atoms with van der Waals surface area (Å²) in [5, 5.41) is 0. The lowest BCUT2D eigenvalue weighted by molar-refractivity contribution is 0.263. The first-order valence-electron chi connectivity index (χ1n) is 20.5. The van der Waals surface area contributed by atoms with E-state index in [9.17, 15) is 35.1 Å². The maximum atomic E-state index is 14.6. The van der Waals surface area contributed by atoms with Gasteiger partial charge < -0.3 is 18.9 Å². The van der Waals surface area contributed by atoms with Crippen LogP contribution in [0.3, 0.4) is 0 Å². The molecule has 4 rings (SSSR count). The second-order valence-corrected chi connectivity index (χ2v) is 14.1. The van der Waals surface area contributed by atoms with Gasteiger partial charge in [-0.25, -0.2) is 17.6 Å². The molecular weight excluding hydrogens is 793 g/mol. The summed E-state index contributed by atoms with van der Waals surface area (Å²) in [6.07, 6.45) is 11.8. The summed E-state index contributed by atoms with van der Waals surface area (Å²) in [5.74, 6) is -4.42. The molecule has 0 bridgehead atoms. The van der Waals surface area contributed by atoms with Crippen LogP contribution in [0.5, 0.6) is 23.0 Å². The van der Waals surface area contributed by atoms with E-state index in [1.165, 1.54) is 0 Å². The van der Waals surface area contributed by atoms with Crippen LogP contribution in [0.25, 0.3) is 0 Å². The largest absolute Gasteiger partial charge is 0.494 e. The monoisotopic (exact) mass is 842 g/mol. The van der Waals surface area contributed by atoms with Gasteiger partial charge in [0, 0.05) is 11.1 Å². The van der Waals surface area contributed by atoms with Gasteiger partial charge in [0.2, 0.25) is 23.3 Å². The molecule has 12 heteroatoms. The lowest BCUT2D eigenvalue weighted by Crippen LogP contribution is -2.08. The smallest absolute Gasteiger partial charge is 0.205 e. The molecule has 0 N–H and O–H groups in total. The molecule has 4 aromatic rings. The second kappa shape index (κ2) is 25.3. The molecule has 4 nitrogen and oxygen atoms in total. The Bertz CT molecular complexity index is 1890. The number of benzene rings is 4. The number of halogens is 8. The summed E-state index contributed by atoms with van der Waals surface area (Å²) >= 11 is 0. The van der Waals surface area contributed by atoms with E-state index in [0.29, 0.717) is 48.7 Å². The maximum Gasteiger partial charge on any atom is 0.205 e. The number of rotatable bonds is 23. The van der Waals surface area contributed by atoms with E-state index in [-0.39, 0.29) is 13.2 Å². The Morgan fingerprint density at radius 3 is 0.933 bits per heavy atom. The van der Waals surface area contributed by atoms with Crippen molar-refractivity contribution in [3.63, 3.8) is 0 Å². The molecule has 0 saturated heterocycles. The predicted octanol–water partition coefficient (Wildman–Crippen LogP) is 13.3. The van der Waals surface area contributed by atoms with Crippen LogP contribution in [0.15, 0.2) is 48.5 Å². The lowest BCUT2D eigenvalue weighted by atomic mass is 10.1. The van der Waals surface area contributed by atoms with Crippen molar-refractivity contribution in [3.8, 4) is 46.7 Å². The molecule has 0 fully saturated rings. The lowest BCUT2D eigenvalue weighted by Gasteiger charge is -2.11. The normalized spacial score (nSPS) is 10.8. The van der Waals surface area contributed by atoms with Crippen LogP contribution < -0.4 is 18.9 Å². The van der Waals surface area contributed by atoms with Crippen molar-refractivity contribution >= 4 is 0 Å². The van der Waals surface area contributed by atoms with Gasteiger partial charge in [0.1, 0.15) is 22.6 Å². The van der Waals surface area contributed by atoms with E-state index in [2.05, 4.69) is 23.7 Å². The molecule has 0 aliphatic rings. The number of ether oxygens (including phenoxy) is 4. The van der Waals surface area contributed by atoms with Crippen molar-refractivity contribution in [2.75, 3.05) is 26.4 Å². The standard InChI is InChI=1S/C48H50F8O4/c1-3-5-7-13-31-59-47-43(53)39(49)37(40(50)44(47)54)27-21-33-17-23-35(24-18-33)57-29-15-11-9-10-12-16-30-58-36-25-19-34(20-26-36)22-28-38-41(51)45(55)48(46(56)42(38)52)60-32-14-8-6-4-2/h17-20,23-26H,3-16,29-32H2,1-2H3. The van der Waals surface area contributed by atoms with Gasteiger partial charge in [-0.2, -0.15) is 17.6 Å². The first-order chi connectivity index (χ1) is 29.1. The molecular formula is C48H50F8O4. The second-order valence-electron chi connectivity index (χ2n) is 14.1. The van der Waals surface area contributed by atoms with E-state index in [0.717, 1.165) is 77.0 Å². The zero-order valence-electron chi connectivity index (χ0n) is 34.0. The van der Waals surface area contributed by atoms with E-state index in [1.54, 1.807) is 48.5 Å². The van der Waals surface area contributed by atoms with Gasteiger partial charge in [0.15, 0.2) is 34.8 Å². The van der Waals surface area contributed by atoms with Crippen molar-refractivity contribution in [2.24, 2.45) is 0 Å². The van der Waals surface area contributed by atoms with Gasteiger partial charge in [-0.3, -0.25) is 0 Å². The van der Waals surface area contributed by atoms with E-state index in [1.807, 2.05) is 13.8 Å². The van der Waals surface area contributed by atoms with Crippen LogP contribution in [0.1, 0.15) is 126 Å². The summed E-state index contributed by atoms with van der Waals surface area (Å²) in [6, 6.07) is 12.9. The molecule has 0 aromatic heterocycles. The minimum absolute atomic E-state index is 0.0618. The van der Waals surface area contributed by atoms with Crippen molar-refractivity contribution in [1.82, 2.24) is 0 Å². The van der Waals surface area contributed by atoms with Gasteiger partial charge in [-0.1, -0.05) is 102 Å². The number of hydrogen-bond acceptors (Lipinski definition) is 4. The van der Waals surface area contributed by atoms with Crippen molar-refractivity contribution < 1.29 is 54.1 Å². The third-order valence-corrected chi connectivity index (χ3v) is 9.38. The van der Waals surface area contributed by atoms with Gasteiger partial charge >= 0.3 is 0 Å². The summed E-state index contributed by atoms with van der Waals surface area (Å²) < 4.78 is 138. The molecule has 322 valence electrons. The molecule has 0 saturated carbocycles. The predicted molar refractivity (Wildman–Crippen MR) is 215 cm³/mol. The van der Waals surface area contributed by atoms with Crippen molar-refractivity contribution in [2.45, 2.75) is 104 Å². The zero-order chi connectivity index (χ0) is 43.3. The fourth-order valence-corrected chi connectivity index (χ4v) is 5.93. The van der Waals surface area contributed by atoms with Crippen LogP contribution in [-0.2, 0) is 0 Å². The van der Waals surface area contributed by atoms with Gasteiger partial charge in [-0.15, -0.1) is 0 Å². The average molecular weight is 843 g/mol. The molecule has 0 radical (unpaired) electrons. The molecule has 0 heterocycles. The van der Waals surface area contributed by atoms with Crippen molar-refractivity contribution in [1.29, 1.82) is 0 Å². The minimum Gasteiger partial charge on any atom is -0.494 e. The fourth-order valence-electron chi connectivity index (χ4n) is 5.93. The van der Waals surface area contributed by atoms with Crippen LogP contribution in [0.4, 0.5) is 35.1 Å². The zero-order valence-corrected chi connectivity index (χ0v) is 34.0. The SMILES string of the molecule is CCCCCCOc1c(F)c(F)c(C#Cc2ccc(OCCCCCCCCOc3ccc(C#Cc4c(F)c(F)c(OCCCCCC)c(F)c4F)cc3)cc2)c(F)c1F. The molecule has 0 aliphatic heterocycles. The van der Waals surface area contributed by atoms with Crippen LogP contribution in [0.2, 0.25) is 0 Å². The Labute approximate surface area is 347 Å². The highest BCUT2D eigenvalue weighted by Gasteiger charge is 2.27. The quantitative estimate of drug-likeness (QED) is 0.0323. The third kappa shape index (κ3) is 14.1. The first-order valence-corrected chi connectivity index (χ1v) is 20.5. The highest BCUT2D eigenvalue weighted by Crippen LogP contribution is 2.31. The Morgan fingerprint density at radius 1 is 0.333 bits per heavy atom. The summed E-state index contributed by atoms with van der Waals surface area (Å²) in [4.78, 5) is 0. The van der Waals surface area contributed by atoms with Crippen LogP contribution in [0, 0.1) is 70.2 Å². The average Bonchev–Trinajstić information content (AvgIpc) is 3.25. The number of unbranched alkanes of at least 4 members (excludes halogenated alkanes) is 11. The Balaban J connectivity index is 1.11. The molecule has 0 unspecified atom stereocenters. The van der Waals surface area contributed by atoms with Gasteiger partial charge in [0.25, 0.3) is 0 Å². The van der Waals surface area contributed by atoms with Gasteiger partial charge in [0.05, 0.1) is 26.4 Å².